The summed E-state index contributed by atoms with van der Waals surface area (Å²) in [6, 6.07) is 5.44. The summed E-state index contributed by atoms with van der Waals surface area (Å²) in [7, 11) is 3.16. The molecule has 0 fully saturated rings. The maximum Gasteiger partial charge on any atom is 0.271 e. The SMILES string of the molecule is COc1cc(CNC(=O)c2cnccn2)cc(OC)c1. The Morgan fingerprint density at radius 2 is 1.85 bits per heavy atom. The first kappa shape index (κ1) is 13.8. The second-order valence-corrected chi connectivity index (χ2v) is 3.99. The molecule has 0 aliphatic heterocycles. The van der Waals surface area contributed by atoms with Gasteiger partial charge in [0, 0.05) is 25.0 Å². The second kappa shape index (κ2) is 6.51. The van der Waals surface area contributed by atoms with Crippen LogP contribution >= 0.6 is 0 Å². The fourth-order valence-electron chi connectivity index (χ4n) is 1.66. The molecule has 6 nitrogen and oxygen atoms in total. The third-order valence-electron chi connectivity index (χ3n) is 2.66. The molecule has 20 heavy (non-hydrogen) atoms. The van der Waals surface area contributed by atoms with Gasteiger partial charge in [-0.15, -0.1) is 0 Å². The Balaban J connectivity index is 2.05. The van der Waals surface area contributed by atoms with E-state index in [0.29, 0.717) is 18.0 Å². The van der Waals surface area contributed by atoms with Crippen molar-refractivity contribution in [1.29, 1.82) is 0 Å². The van der Waals surface area contributed by atoms with E-state index in [9.17, 15) is 4.79 Å². The number of carbonyl (C=O) groups is 1. The molecular weight excluding hydrogens is 258 g/mol. The quantitative estimate of drug-likeness (QED) is 0.892. The van der Waals surface area contributed by atoms with Gasteiger partial charge in [-0.05, 0) is 17.7 Å². The Kier molecular flexibility index (Phi) is 4.49. The fraction of sp³-hybridized carbons (Fsp3) is 0.214. The van der Waals surface area contributed by atoms with Crippen LogP contribution in [0.15, 0.2) is 36.8 Å². The van der Waals surface area contributed by atoms with Crippen LogP contribution < -0.4 is 14.8 Å². The molecule has 1 aromatic carbocycles. The van der Waals surface area contributed by atoms with Crippen molar-refractivity contribution in [3.05, 3.63) is 48.0 Å². The lowest BCUT2D eigenvalue weighted by Gasteiger charge is -2.09. The number of nitrogens with one attached hydrogen (secondary N) is 1. The fourth-order valence-corrected chi connectivity index (χ4v) is 1.66. The van der Waals surface area contributed by atoms with Crippen LogP contribution in [0.5, 0.6) is 11.5 Å². The van der Waals surface area contributed by atoms with Crippen LogP contribution in [0.1, 0.15) is 16.1 Å². The first-order valence-corrected chi connectivity index (χ1v) is 5.99. The zero-order chi connectivity index (χ0) is 14.4. The van der Waals surface area contributed by atoms with Crippen LogP contribution in [0.25, 0.3) is 0 Å². The molecular formula is C14H15N3O3. The van der Waals surface area contributed by atoms with Gasteiger partial charge in [0.25, 0.3) is 5.91 Å². The molecule has 1 aromatic heterocycles. The van der Waals surface area contributed by atoms with Crippen molar-refractivity contribution in [2.75, 3.05) is 14.2 Å². The van der Waals surface area contributed by atoms with Crippen molar-refractivity contribution in [3.63, 3.8) is 0 Å². The van der Waals surface area contributed by atoms with E-state index >= 15 is 0 Å². The van der Waals surface area contributed by atoms with Gasteiger partial charge in [0.15, 0.2) is 0 Å². The van der Waals surface area contributed by atoms with Crippen LogP contribution in [0.3, 0.4) is 0 Å². The molecule has 0 spiro atoms. The van der Waals surface area contributed by atoms with Gasteiger partial charge in [-0.2, -0.15) is 0 Å². The molecule has 2 rings (SSSR count). The molecule has 104 valence electrons. The van der Waals surface area contributed by atoms with Crippen LogP contribution in [0.4, 0.5) is 0 Å². The van der Waals surface area contributed by atoms with Gasteiger partial charge in [-0.25, -0.2) is 4.98 Å². The largest absolute Gasteiger partial charge is 0.497 e. The molecule has 0 saturated heterocycles. The molecule has 0 atom stereocenters. The average Bonchev–Trinajstić information content (AvgIpc) is 2.53. The molecule has 6 heteroatoms. The first-order chi connectivity index (χ1) is 9.72. The standard InChI is InChI=1S/C14H15N3O3/c1-19-11-5-10(6-12(7-11)20-2)8-17-14(18)13-9-15-3-4-16-13/h3-7,9H,8H2,1-2H3,(H,17,18). The molecule has 0 aliphatic carbocycles. The predicted molar refractivity (Wildman–Crippen MR) is 72.7 cm³/mol. The average molecular weight is 273 g/mol. The summed E-state index contributed by atoms with van der Waals surface area (Å²) in [5, 5.41) is 2.77. The molecule has 1 N–H and O–H groups in total. The minimum absolute atomic E-state index is 0.278. The zero-order valence-corrected chi connectivity index (χ0v) is 11.3. The van der Waals surface area contributed by atoms with E-state index in [2.05, 4.69) is 15.3 Å². The Morgan fingerprint density at radius 1 is 1.15 bits per heavy atom. The summed E-state index contributed by atoms with van der Waals surface area (Å²) in [6.07, 6.45) is 4.41. The highest BCUT2D eigenvalue weighted by atomic mass is 16.5. The molecule has 0 unspecified atom stereocenters. The summed E-state index contributed by atoms with van der Waals surface area (Å²) in [6.45, 7) is 0.350. The van der Waals surface area contributed by atoms with E-state index in [1.54, 1.807) is 20.3 Å². The van der Waals surface area contributed by atoms with Gasteiger partial charge in [0.05, 0.1) is 20.4 Å². The van der Waals surface area contributed by atoms with Crippen molar-refractivity contribution in [2.24, 2.45) is 0 Å². The number of benzene rings is 1. The number of hydrogen-bond acceptors (Lipinski definition) is 5. The number of rotatable bonds is 5. The Morgan fingerprint density at radius 3 is 2.40 bits per heavy atom. The highest BCUT2D eigenvalue weighted by molar-refractivity contribution is 5.91. The van der Waals surface area contributed by atoms with Crippen molar-refractivity contribution < 1.29 is 14.3 Å². The van der Waals surface area contributed by atoms with Gasteiger partial charge >= 0.3 is 0 Å². The molecule has 1 amide bonds. The number of nitrogens with zero attached hydrogens (tertiary/aromatic N) is 2. The summed E-state index contributed by atoms with van der Waals surface area (Å²) >= 11 is 0. The van der Waals surface area contributed by atoms with Gasteiger partial charge in [0.1, 0.15) is 17.2 Å². The van der Waals surface area contributed by atoms with Gasteiger partial charge < -0.3 is 14.8 Å². The van der Waals surface area contributed by atoms with Crippen LogP contribution in [0.2, 0.25) is 0 Å². The van der Waals surface area contributed by atoms with E-state index < -0.39 is 0 Å². The van der Waals surface area contributed by atoms with Gasteiger partial charge in [-0.3, -0.25) is 9.78 Å². The summed E-state index contributed by atoms with van der Waals surface area (Å²) in [5.41, 5.74) is 1.15. The van der Waals surface area contributed by atoms with Crippen LogP contribution in [-0.4, -0.2) is 30.1 Å². The summed E-state index contributed by atoms with van der Waals surface area (Å²) in [4.78, 5) is 19.6. The number of amides is 1. The van der Waals surface area contributed by atoms with Crippen LogP contribution in [-0.2, 0) is 6.54 Å². The normalized spacial score (nSPS) is 9.90. The van der Waals surface area contributed by atoms with Crippen molar-refractivity contribution >= 4 is 5.91 Å². The minimum Gasteiger partial charge on any atom is -0.497 e. The molecule has 0 aliphatic rings. The number of carbonyl (C=O) groups excluding carboxylic acids is 1. The highest BCUT2D eigenvalue weighted by Gasteiger charge is 2.07. The van der Waals surface area contributed by atoms with E-state index in [4.69, 9.17) is 9.47 Å². The lowest BCUT2D eigenvalue weighted by molar-refractivity contribution is 0.0945. The van der Waals surface area contributed by atoms with Gasteiger partial charge in [-0.1, -0.05) is 0 Å². The Hall–Kier alpha value is -2.63. The molecule has 0 radical (unpaired) electrons. The minimum atomic E-state index is -0.278. The first-order valence-electron chi connectivity index (χ1n) is 5.99. The number of ether oxygens (including phenoxy) is 2. The molecule has 1 heterocycles. The van der Waals surface area contributed by atoms with Crippen molar-refractivity contribution in [2.45, 2.75) is 6.54 Å². The van der Waals surface area contributed by atoms with E-state index in [1.165, 1.54) is 18.6 Å². The monoisotopic (exact) mass is 273 g/mol. The summed E-state index contributed by atoms with van der Waals surface area (Å²) < 4.78 is 10.3. The highest BCUT2D eigenvalue weighted by Crippen LogP contribution is 2.22. The number of aromatic nitrogens is 2. The van der Waals surface area contributed by atoms with Crippen molar-refractivity contribution in [1.82, 2.24) is 15.3 Å². The third kappa shape index (κ3) is 3.44. The maximum atomic E-state index is 11.9. The lowest BCUT2D eigenvalue weighted by atomic mass is 10.2. The zero-order valence-electron chi connectivity index (χ0n) is 11.3. The smallest absolute Gasteiger partial charge is 0.271 e. The van der Waals surface area contributed by atoms with E-state index in [0.717, 1.165) is 5.56 Å². The Bertz CT molecular complexity index is 565. The number of hydrogen-bond donors (Lipinski definition) is 1. The molecule has 0 saturated carbocycles. The second-order valence-electron chi connectivity index (χ2n) is 3.99. The number of methoxy groups -OCH3 is 2. The van der Waals surface area contributed by atoms with E-state index in [1.807, 2.05) is 12.1 Å². The summed E-state index contributed by atoms with van der Waals surface area (Å²) in [5.74, 6) is 1.07. The molecule has 2 aromatic rings. The molecule has 0 bridgehead atoms. The van der Waals surface area contributed by atoms with Gasteiger partial charge in [0.2, 0.25) is 0 Å². The third-order valence-corrected chi connectivity index (χ3v) is 2.66. The maximum absolute atomic E-state index is 11.9. The Labute approximate surface area is 116 Å². The van der Waals surface area contributed by atoms with E-state index in [-0.39, 0.29) is 11.6 Å². The predicted octanol–water partition coefficient (Wildman–Crippen LogP) is 1.42. The van der Waals surface area contributed by atoms with Crippen molar-refractivity contribution in [3.8, 4) is 11.5 Å². The topological polar surface area (TPSA) is 73.3 Å². The van der Waals surface area contributed by atoms with Crippen LogP contribution in [0, 0.1) is 0 Å². The lowest BCUT2D eigenvalue weighted by Crippen LogP contribution is -2.23.